The summed E-state index contributed by atoms with van der Waals surface area (Å²) in [5, 5.41) is 0. The topological polar surface area (TPSA) is 55.6 Å². The van der Waals surface area contributed by atoms with Gasteiger partial charge >= 0.3 is 6.09 Å². The van der Waals surface area contributed by atoms with Crippen molar-refractivity contribution in [2.45, 2.75) is 45.4 Å². The van der Waals surface area contributed by atoms with Crippen LogP contribution in [-0.2, 0) is 4.74 Å². The van der Waals surface area contributed by atoms with Crippen LogP contribution in [0.5, 0.6) is 0 Å². The Kier molecular flexibility index (Phi) is 4.74. The highest BCUT2D eigenvalue weighted by atomic mass is 19.1. The van der Waals surface area contributed by atoms with Crippen LogP contribution >= 0.6 is 0 Å². The molecule has 1 fully saturated rings. The van der Waals surface area contributed by atoms with Crippen molar-refractivity contribution in [1.82, 2.24) is 4.90 Å². The molecule has 1 heterocycles. The van der Waals surface area contributed by atoms with E-state index in [2.05, 4.69) is 0 Å². The molecule has 100 valence electrons. The number of carbonyl (C=O) groups is 1. The van der Waals surface area contributed by atoms with E-state index in [1.165, 1.54) is 4.90 Å². The van der Waals surface area contributed by atoms with Gasteiger partial charge in [-0.1, -0.05) is 0 Å². The second kappa shape index (κ2) is 5.67. The normalized spacial score (nSPS) is 25.8. The van der Waals surface area contributed by atoms with Crippen LogP contribution in [0.2, 0.25) is 0 Å². The first kappa shape index (κ1) is 14.2. The van der Waals surface area contributed by atoms with E-state index in [9.17, 15) is 9.18 Å². The highest BCUT2D eigenvalue weighted by Gasteiger charge is 2.32. The van der Waals surface area contributed by atoms with Gasteiger partial charge in [0, 0.05) is 6.54 Å². The number of piperidine rings is 1. The summed E-state index contributed by atoms with van der Waals surface area (Å²) >= 11 is 0. The minimum atomic E-state index is -0.986. The van der Waals surface area contributed by atoms with Crippen molar-refractivity contribution in [1.29, 1.82) is 0 Å². The number of halogens is 1. The zero-order chi connectivity index (χ0) is 13.1. The third-order valence-electron chi connectivity index (χ3n) is 2.87. The molecule has 1 saturated heterocycles. The summed E-state index contributed by atoms with van der Waals surface area (Å²) in [5.41, 5.74) is 4.90. The number of nitrogens with two attached hydrogens (primary N) is 1. The first-order chi connectivity index (χ1) is 7.83. The monoisotopic (exact) mass is 246 g/mol. The number of ether oxygens (including phenoxy) is 1. The Hall–Kier alpha value is -0.840. The quantitative estimate of drug-likeness (QED) is 0.810. The van der Waals surface area contributed by atoms with E-state index in [1.807, 2.05) is 0 Å². The van der Waals surface area contributed by atoms with E-state index in [0.717, 1.165) is 0 Å². The van der Waals surface area contributed by atoms with Gasteiger partial charge in [-0.25, -0.2) is 9.18 Å². The predicted molar refractivity (Wildman–Crippen MR) is 64.5 cm³/mol. The molecule has 0 radical (unpaired) electrons. The molecule has 2 unspecified atom stereocenters. The lowest BCUT2D eigenvalue weighted by Gasteiger charge is -2.35. The van der Waals surface area contributed by atoms with Crippen molar-refractivity contribution in [2.75, 3.05) is 19.6 Å². The highest BCUT2D eigenvalue weighted by molar-refractivity contribution is 5.68. The predicted octanol–water partition coefficient (Wildman–Crippen LogP) is 1.93. The fourth-order valence-electron chi connectivity index (χ4n) is 1.98. The minimum absolute atomic E-state index is 0.0151. The largest absolute Gasteiger partial charge is 0.444 e. The fraction of sp³-hybridized carbons (Fsp3) is 0.917. The molecular weight excluding hydrogens is 223 g/mol. The summed E-state index contributed by atoms with van der Waals surface area (Å²) in [5.74, 6) is -0.0151. The number of alkyl halides is 1. The minimum Gasteiger partial charge on any atom is -0.444 e. The van der Waals surface area contributed by atoms with Gasteiger partial charge in [0.15, 0.2) is 0 Å². The van der Waals surface area contributed by atoms with Crippen LogP contribution < -0.4 is 5.73 Å². The number of likely N-dealkylation sites (tertiary alicyclic amines) is 1. The first-order valence-electron chi connectivity index (χ1n) is 6.15. The molecule has 1 aliphatic rings. The van der Waals surface area contributed by atoms with Crippen molar-refractivity contribution in [3.63, 3.8) is 0 Å². The van der Waals surface area contributed by atoms with Crippen LogP contribution in [0.3, 0.4) is 0 Å². The number of carbonyl (C=O) groups excluding carboxylic acids is 1. The summed E-state index contributed by atoms with van der Waals surface area (Å²) < 4.78 is 19.0. The Morgan fingerprint density at radius 1 is 1.53 bits per heavy atom. The molecular formula is C12H23FN2O2. The van der Waals surface area contributed by atoms with E-state index >= 15 is 0 Å². The van der Waals surface area contributed by atoms with E-state index in [1.54, 1.807) is 20.8 Å². The maximum absolute atomic E-state index is 13.8. The molecule has 1 aliphatic heterocycles. The first-order valence-corrected chi connectivity index (χ1v) is 6.15. The van der Waals surface area contributed by atoms with Gasteiger partial charge in [0.2, 0.25) is 0 Å². The molecule has 0 bridgehead atoms. The van der Waals surface area contributed by atoms with Crippen LogP contribution in [0.15, 0.2) is 0 Å². The van der Waals surface area contributed by atoms with Gasteiger partial charge in [-0.2, -0.15) is 0 Å². The molecule has 0 aliphatic carbocycles. The van der Waals surface area contributed by atoms with Gasteiger partial charge in [-0.05, 0) is 46.1 Å². The van der Waals surface area contributed by atoms with E-state index in [-0.39, 0.29) is 12.5 Å². The molecule has 4 nitrogen and oxygen atoms in total. The molecule has 2 atom stereocenters. The Bertz CT molecular complexity index is 266. The molecule has 17 heavy (non-hydrogen) atoms. The molecule has 1 rings (SSSR count). The Morgan fingerprint density at radius 2 is 2.18 bits per heavy atom. The lowest BCUT2D eigenvalue weighted by molar-refractivity contribution is 0.00494. The Labute approximate surface area is 102 Å². The number of hydrogen-bond acceptors (Lipinski definition) is 3. The molecule has 1 amide bonds. The number of hydrogen-bond donors (Lipinski definition) is 1. The van der Waals surface area contributed by atoms with Crippen LogP contribution in [0.1, 0.15) is 33.6 Å². The summed E-state index contributed by atoms with van der Waals surface area (Å²) in [4.78, 5) is 13.2. The molecule has 0 aromatic heterocycles. The number of nitrogens with zero attached hydrogens (tertiary/aromatic N) is 1. The molecule has 0 spiro atoms. The maximum Gasteiger partial charge on any atom is 0.410 e. The molecule has 0 aromatic carbocycles. The second-order valence-electron chi connectivity index (χ2n) is 5.57. The molecule has 0 aromatic rings. The molecule has 0 saturated carbocycles. The summed E-state index contributed by atoms with van der Waals surface area (Å²) in [7, 11) is 0. The smallest absolute Gasteiger partial charge is 0.410 e. The number of amides is 1. The Balaban J connectivity index is 2.46. The van der Waals surface area contributed by atoms with Crippen LogP contribution in [0.25, 0.3) is 0 Å². The van der Waals surface area contributed by atoms with Crippen LogP contribution in [0.4, 0.5) is 9.18 Å². The van der Waals surface area contributed by atoms with E-state index in [0.29, 0.717) is 25.9 Å². The average molecular weight is 246 g/mol. The van der Waals surface area contributed by atoms with Crippen molar-refractivity contribution >= 4 is 6.09 Å². The summed E-state index contributed by atoms with van der Waals surface area (Å²) in [6, 6.07) is 0. The zero-order valence-corrected chi connectivity index (χ0v) is 10.9. The van der Waals surface area contributed by atoms with Gasteiger partial charge in [0.05, 0.1) is 6.54 Å². The van der Waals surface area contributed by atoms with Gasteiger partial charge < -0.3 is 15.4 Å². The van der Waals surface area contributed by atoms with Gasteiger partial charge in [-0.15, -0.1) is 0 Å². The van der Waals surface area contributed by atoms with Crippen LogP contribution in [0, 0.1) is 5.92 Å². The standard InChI is InChI=1S/C12H23FN2O2/c1-12(2,3)17-11(16)15-7-5-9(4-6-14)10(13)8-15/h9-10H,4-8,14H2,1-3H3. The molecule has 2 N–H and O–H groups in total. The summed E-state index contributed by atoms with van der Waals surface area (Å²) in [6.45, 7) is 6.59. The number of rotatable bonds is 2. The third-order valence-corrected chi connectivity index (χ3v) is 2.87. The van der Waals surface area contributed by atoms with Crippen molar-refractivity contribution in [2.24, 2.45) is 11.7 Å². The SMILES string of the molecule is CC(C)(C)OC(=O)N1CCC(CCN)C(F)C1. The maximum atomic E-state index is 13.8. The lowest BCUT2D eigenvalue weighted by Crippen LogP contribution is -2.47. The van der Waals surface area contributed by atoms with E-state index in [4.69, 9.17) is 10.5 Å². The second-order valence-corrected chi connectivity index (χ2v) is 5.57. The third kappa shape index (κ3) is 4.50. The van der Waals surface area contributed by atoms with E-state index < -0.39 is 17.9 Å². The van der Waals surface area contributed by atoms with Gasteiger partial charge in [0.25, 0.3) is 0 Å². The fourth-order valence-corrected chi connectivity index (χ4v) is 1.98. The highest BCUT2D eigenvalue weighted by Crippen LogP contribution is 2.24. The Morgan fingerprint density at radius 3 is 2.65 bits per heavy atom. The average Bonchev–Trinajstić information content (AvgIpc) is 2.18. The van der Waals surface area contributed by atoms with Gasteiger partial charge in [0.1, 0.15) is 11.8 Å². The van der Waals surface area contributed by atoms with Gasteiger partial charge in [-0.3, -0.25) is 0 Å². The van der Waals surface area contributed by atoms with Crippen molar-refractivity contribution in [3.05, 3.63) is 0 Å². The van der Waals surface area contributed by atoms with Crippen LogP contribution in [-0.4, -0.2) is 42.4 Å². The van der Waals surface area contributed by atoms with Crippen molar-refractivity contribution in [3.8, 4) is 0 Å². The summed E-state index contributed by atoms with van der Waals surface area (Å²) in [6.07, 6.45) is -0.0628. The molecule has 5 heteroatoms. The lowest BCUT2D eigenvalue weighted by atomic mass is 9.92. The van der Waals surface area contributed by atoms with Crippen molar-refractivity contribution < 1.29 is 13.9 Å². The zero-order valence-electron chi connectivity index (χ0n) is 10.9.